The van der Waals surface area contributed by atoms with Crippen LogP contribution in [0.5, 0.6) is 0 Å². The first kappa shape index (κ1) is 16.4. The zero-order valence-electron chi connectivity index (χ0n) is 13.1. The molecule has 2 N–H and O–H groups in total. The minimum atomic E-state index is 0.0699. The predicted octanol–water partition coefficient (Wildman–Crippen LogP) is 0.332. The maximum atomic E-state index is 12.1. The van der Waals surface area contributed by atoms with Crippen LogP contribution in [0.1, 0.15) is 25.7 Å². The number of likely N-dealkylation sites (N-methyl/N-ethyl adjacent to an activating group) is 1. The third kappa shape index (κ3) is 4.44. The predicted molar refractivity (Wildman–Crippen MR) is 79.0 cm³/mol. The first-order valence-electron chi connectivity index (χ1n) is 7.20. The number of nitrogens with one attached hydrogen (secondary N) is 2. The van der Waals surface area contributed by atoms with E-state index in [2.05, 4.69) is 34.5 Å². The molecule has 1 saturated carbocycles. The van der Waals surface area contributed by atoms with Crippen LogP contribution in [0.25, 0.3) is 0 Å². The summed E-state index contributed by atoms with van der Waals surface area (Å²) >= 11 is 0. The Morgan fingerprint density at radius 1 is 1.21 bits per heavy atom. The molecule has 0 spiro atoms. The molecule has 0 aromatic heterocycles. The van der Waals surface area contributed by atoms with E-state index in [1.807, 2.05) is 21.1 Å². The summed E-state index contributed by atoms with van der Waals surface area (Å²) in [6.07, 6.45) is 3.99. The van der Waals surface area contributed by atoms with Gasteiger partial charge in [0.1, 0.15) is 0 Å². The SMILES string of the molecule is CNC1(N(C)C)CCC(C(=O)NCCN(C)C)CC1. The van der Waals surface area contributed by atoms with Crippen LogP contribution in [0.15, 0.2) is 0 Å². The highest BCUT2D eigenvalue weighted by atomic mass is 16.1. The smallest absolute Gasteiger partial charge is 0.223 e. The van der Waals surface area contributed by atoms with Crippen molar-refractivity contribution in [1.82, 2.24) is 20.4 Å². The number of carbonyl (C=O) groups is 1. The Balaban J connectivity index is 2.38. The first-order valence-corrected chi connectivity index (χ1v) is 7.20. The summed E-state index contributed by atoms with van der Waals surface area (Å²) in [4.78, 5) is 16.4. The molecule has 19 heavy (non-hydrogen) atoms. The highest BCUT2D eigenvalue weighted by Gasteiger charge is 2.37. The minimum Gasteiger partial charge on any atom is -0.355 e. The first-order chi connectivity index (χ1) is 8.91. The molecule has 1 fully saturated rings. The quantitative estimate of drug-likeness (QED) is 0.683. The molecule has 5 heteroatoms. The van der Waals surface area contributed by atoms with Gasteiger partial charge in [0.05, 0.1) is 5.66 Å². The van der Waals surface area contributed by atoms with Crippen molar-refractivity contribution < 1.29 is 4.79 Å². The van der Waals surface area contributed by atoms with Crippen molar-refractivity contribution in [2.45, 2.75) is 31.3 Å². The van der Waals surface area contributed by atoms with Crippen molar-refractivity contribution in [2.24, 2.45) is 5.92 Å². The third-order valence-electron chi connectivity index (χ3n) is 4.36. The van der Waals surface area contributed by atoms with Gasteiger partial charge in [0.2, 0.25) is 5.91 Å². The molecule has 1 aliphatic rings. The number of hydrogen-bond donors (Lipinski definition) is 2. The van der Waals surface area contributed by atoms with E-state index in [4.69, 9.17) is 0 Å². The second-order valence-corrected chi connectivity index (χ2v) is 6.04. The van der Waals surface area contributed by atoms with Crippen molar-refractivity contribution in [3.8, 4) is 0 Å². The topological polar surface area (TPSA) is 47.6 Å². The zero-order valence-corrected chi connectivity index (χ0v) is 13.1. The molecular weight excluding hydrogens is 240 g/mol. The molecule has 0 aromatic rings. The summed E-state index contributed by atoms with van der Waals surface area (Å²) in [5, 5.41) is 6.47. The van der Waals surface area contributed by atoms with Crippen molar-refractivity contribution in [2.75, 3.05) is 48.3 Å². The number of amides is 1. The van der Waals surface area contributed by atoms with Gasteiger partial charge in [0.25, 0.3) is 0 Å². The van der Waals surface area contributed by atoms with E-state index >= 15 is 0 Å². The molecule has 1 rings (SSSR count). The van der Waals surface area contributed by atoms with E-state index in [9.17, 15) is 4.79 Å². The Labute approximate surface area is 117 Å². The molecule has 0 aromatic carbocycles. The molecular formula is C14H30N4O. The highest BCUT2D eigenvalue weighted by molar-refractivity contribution is 5.78. The van der Waals surface area contributed by atoms with E-state index in [1.54, 1.807) is 0 Å². The van der Waals surface area contributed by atoms with Crippen LogP contribution in [0.2, 0.25) is 0 Å². The molecule has 1 aliphatic carbocycles. The average Bonchev–Trinajstić information content (AvgIpc) is 2.38. The Bertz CT molecular complexity index is 283. The molecule has 0 heterocycles. The number of rotatable bonds is 6. The van der Waals surface area contributed by atoms with Crippen LogP contribution < -0.4 is 10.6 Å². The summed E-state index contributed by atoms with van der Waals surface area (Å²) < 4.78 is 0. The Kier molecular flexibility index (Phi) is 6.23. The second-order valence-electron chi connectivity index (χ2n) is 6.04. The van der Waals surface area contributed by atoms with Gasteiger partial charge < -0.3 is 15.5 Å². The zero-order chi connectivity index (χ0) is 14.5. The lowest BCUT2D eigenvalue weighted by Gasteiger charge is -2.44. The normalized spacial score (nSPS) is 27.8. The highest BCUT2D eigenvalue weighted by Crippen LogP contribution is 2.33. The maximum Gasteiger partial charge on any atom is 0.223 e. The van der Waals surface area contributed by atoms with Crippen LogP contribution in [0, 0.1) is 5.92 Å². The molecule has 5 nitrogen and oxygen atoms in total. The van der Waals surface area contributed by atoms with Gasteiger partial charge in [-0.1, -0.05) is 0 Å². The summed E-state index contributed by atoms with van der Waals surface area (Å²) in [5.41, 5.74) is 0.0699. The van der Waals surface area contributed by atoms with Crippen molar-refractivity contribution >= 4 is 5.91 Å². The fourth-order valence-corrected chi connectivity index (χ4v) is 2.83. The van der Waals surface area contributed by atoms with E-state index in [0.29, 0.717) is 0 Å². The lowest BCUT2D eigenvalue weighted by atomic mass is 9.80. The molecule has 1 amide bonds. The lowest BCUT2D eigenvalue weighted by molar-refractivity contribution is -0.127. The van der Waals surface area contributed by atoms with Crippen LogP contribution >= 0.6 is 0 Å². The Morgan fingerprint density at radius 2 is 1.79 bits per heavy atom. The average molecular weight is 270 g/mol. The van der Waals surface area contributed by atoms with Crippen LogP contribution in [0.4, 0.5) is 0 Å². The summed E-state index contributed by atoms with van der Waals surface area (Å²) in [5.74, 6) is 0.411. The molecule has 0 aliphatic heterocycles. The lowest BCUT2D eigenvalue weighted by Crippen LogP contribution is -2.57. The minimum absolute atomic E-state index is 0.0699. The van der Waals surface area contributed by atoms with Gasteiger partial charge in [0.15, 0.2) is 0 Å². The maximum absolute atomic E-state index is 12.1. The fraction of sp³-hybridized carbons (Fsp3) is 0.929. The molecule has 0 radical (unpaired) electrons. The second kappa shape index (κ2) is 7.22. The van der Waals surface area contributed by atoms with E-state index in [0.717, 1.165) is 38.8 Å². The van der Waals surface area contributed by atoms with Gasteiger partial charge in [0, 0.05) is 19.0 Å². The van der Waals surface area contributed by atoms with Gasteiger partial charge in [-0.25, -0.2) is 0 Å². The standard InChI is InChI=1S/C14H30N4O/c1-15-14(18(4)5)8-6-12(7-9-14)13(19)16-10-11-17(2)3/h12,15H,6-11H2,1-5H3,(H,16,19). The third-order valence-corrected chi connectivity index (χ3v) is 4.36. The Morgan fingerprint density at radius 3 is 2.21 bits per heavy atom. The monoisotopic (exact) mass is 270 g/mol. The molecule has 0 saturated heterocycles. The summed E-state index contributed by atoms with van der Waals surface area (Å²) in [6, 6.07) is 0. The van der Waals surface area contributed by atoms with Crippen molar-refractivity contribution in [3.63, 3.8) is 0 Å². The van der Waals surface area contributed by atoms with E-state index in [1.165, 1.54) is 0 Å². The number of carbonyl (C=O) groups excluding carboxylic acids is 1. The van der Waals surface area contributed by atoms with Gasteiger partial charge in [-0.2, -0.15) is 0 Å². The molecule has 112 valence electrons. The molecule has 0 unspecified atom stereocenters. The molecule has 0 atom stereocenters. The summed E-state index contributed by atoms with van der Waals surface area (Å²) in [7, 11) is 10.3. The Hall–Kier alpha value is -0.650. The van der Waals surface area contributed by atoms with Crippen molar-refractivity contribution in [3.05, 3.63) is 0 Å². The molecule has 0 bridgehead atoms. The summed E-state index contributed by atoms with van der Waals surface area (Å²) in [6.45, 7) is 1.64. The van der Waals surface area contributed by atoms with Gasteiger partial charge in [-0.15, -0.1) is 0 Å². The number of nitrogens with zero attached hydrogens (tertiary/aromatic N) is 2. The van der Waals surface area contributed by atoms with Crippen LogP contribution in [-0.2, 0) is 4.79 Å². The van der Waals surface area contributed by atoms with Gasteiger partial charge in [-0.3, -0.25) is 9.69 Å². The van der Waals surface area contributed by atoms with Gasteiger partial charge >= 0.3 is 0 Å². The van der Waals surface area contributed by atoms with Crippen LogP contribution in [0.3, 0.4) is 0 Å². The van der Waals surface area contributed by atoms with Gasteiger partial charge in [-0.05, 0) is 60.9 Å². The van der Waals surface area contributed by atoms with E-state index in [-0.39, 0.29) is 17.5 Å². The van der Waals surface area contributed by atoms with E-state index < -0.39 is 0 Å². The number of hydrogen-bond acceptors (Lipinski definition) is 4. The van der Waals surface area contributed by atoms with Crippen LogP contribution in [-0.4, -0.2) is 69.7 Å². The largest absolute Gasteiger partial charge is 0.355 e. The van der Waals surface area contributed by atoms with Crippen molar-refractivity contribution in [1.29, 1.82) is 0 Å². The fourth-order valence-electron chi connectivity index (χ4n) is 2.83.